The summed E-state index contributed by atoms with van der Waals surface area (Å²) in [5.74, 6) is 0.962. The molecule has 0 bridgehead atoms. The van der Waals surface area contributed by atoms with Crippen molar-refractivity contribution < 1.29 is 14.1 Å². The van der Waals surface area contributed by atoms with Gasteiger partial charge in [-0.3, -0.25) is 4.79 Å². The molecule has 1 fully saturated rings. The zero-order valence-corrected chi connectivity index (χ0v) is 12.4. The molecule has 4 heteroatoms. The second-order valence-electron chi connectivity index (χ2n) is 6.40. The van der Waals surface area contributed by atoms with Gasteiger partial charge in [0, 0.05) is 18.4 Å². The summed E-state index contributed by atoms with van der Waals surface area (Å²) in [6.45, 7) is 10.3. The minimum atomic E-state index is -0.279. The lowest BCUT2D eigenvalue weighted by molar-refractivity contribution is -0.148. The summed E-state index contributed by atoms with van der Waals surface area (Å²) in [6.07, 6.45) is 1.38. The van der Waals surface area contributed by atoms with Crippen LogP contribution in [0.3, 0.4) is 0 Å². The summed E-state index contributed by atoms with van der Waals surface area (Å²) in [7, 11) is 0. The molecule has 1 aliphatic heterocycles. The summed E-state index contributed by atoms with van der Waals surface area (Å²) in [4.78, 5) is 11.9. The summed E-state index contributed by atoms with van der Waals surface area (Å²) >= 11 is 0. The third-order valence-corrected chi connectivity index (χ3v) is 3.80. The lowest BCUT2D eigenvalue weighted by Gasteiger charge is -2.36. The number of nitrogens with zero attached hydrogens (tertiary/aromatic N) is 1. The van der Waals surface area contributed by atoms with Crippen LogP contribution in [-0.4, -0.2) is 17.0 Å². The van der Waals surface area contributed by atoms with Gasteiger partial charge in [-0.25, -0.2) is 0 Å². The fourth-order valence-electron chi connectivity index (χ4n) is 2.47. The van der Waals surface area contributed by atoms with Crippen molar-refractivity contribution in [3.8, 4) is 0 Å². The van der Waals surface area contributed by atoms with E-state index in [0.29, 0.717) is 12.8 Å². The van der Waals surface area contributed by atoms with Crippen LogP contribution in [0.2, 0.25) is 0 Å². The SMILES string of the molecule is CCc1noc([C@@H]2CC(=O)C[C@H](C(C)(C)C)O2)c1C. The average Bonchev–Trinajstić information content (AvgIpc) is 2.68. The molecular formula is C15H23NO3. The number of aromatic nitrogens is 1. The lowest BCUT2D eigenvalue weighted by Crippen LogP contribution is -2.37. The molecule has 2 heterocycles. The van der Waals surface area contributed by atoms with Gasteiger partial charge in [0.05, 0.1) is 11.8 Å². The zero-order valence-electron chi connectivity index (χ0n) is 12.4. The quantitative estimate of drug-likeness (QED) is 0.822. The maximum Gasteiger partial charge on any atom is 0.169 e. The first-order valence-electron chi connectivity index (χ1n) is 6.95. The highest BCUT2D eigenvalue weighted by Crippen LogP contribution is 2.38. The van der Waals surface area contributed by atoms with E-state index in [1.165, 1.54) is 0 Å². The number of rotatable bonds is 2. The Kier molecular flexibility index (Phi) is 3.81. The van der Waals surface area contributed by atoms with Crippen molar-refractivity contribution in [3.05, 3.63) is 17.0 Å². The highest BCUT2D eigenvalue weighted by Gasteiger charge is 2.38. The molecule has 1 aliphatic rings. The first-order chi connectivity index (χ1) is 8.82. The largest absolute Gasteiger partial charge is 0.365 e. The van der Waals surface area contributed by atoms with Crippen LogP contribution in [0.1, 0.15) is 63.7 Å². The average molecular weight is 265 g/mol. The first kappa shape index (κ1) is 14.3. The maximum absolute atomic E-state index is 11.9. The normalized spacial score (nSPS) is 24.8. The highest BCUT2D eigenvalue weighted by atomic mass is 16.5. The number of Topliss-reactive ketones (excluding diaryl/α,β-unsaturated/α-hetero) is 1. The molecule has 2 rings (SSSR count). The third kappa shape index (κ3) is 2.89. The van der Waals surface area contributed by atoms with Crippen molar-refractivity contribution >= 4 is 5.78 Å². The van der Waals surface area contributed by atoms with Crippen LogP contribution in [0.25, 0.3) is 0 Å². The monoisotopic (exact) mass is 265 g/mol. The molecule has 0 saturated carbocycles. The van der Waals surface area contributed by atoms with Crippen LogP contribution in [0.5, 0.6) is 0 Å². The Hall–Kier alpha value is -1.16. The number of ether oxygens (including phenoxy) is 1. The van der Waals surface area contributed by atoms with E-state index in [-0.39, 0.29) is 23.4 Å². The molecule has 1 saturated heterocycles. The van der Waals surface area contributed by atoms with Crippen LogP contribution in [0.4, 0.5) is 0 Å². The minimum absolute atomic E-state index is 0.0458. The molecule has 1 aromatic rings. The Morgan fingerprint density at radius 3 is 2.53 bits per heavy atom. The molecule has 0 N–H and O–H groups in total. The third-order valence-electron chi connectivity index (χ3n) is 3.80. The van der Waals surface area contributed by atoms with Crippen LogP contribution < -0.4 is 0 Å². The number of hydrogen-bond donors (Lipinski definition) is 0. The van der Waals surface area contributed by atoms with E-state index in [4.69, 9.17) is 9.26 Å². The molecule has 0 aromatic carbocycles. The van der Waals surface area contributed by atoms with Gasteiger partial charge in [-0.1, -0.05) is 32.9 Å². The van der Waals surface area contributed by atoms with Crippen molar-refractivity contribution in [2.75, 3.05) is 0 Å². The molecule has 106 valence electrons. The number of hydrogen-bond acceptors (Lipinski definition) is 4. The van der Waals surface area contributed by atoms with E-state index in [0.717, 1.165) is 23.4 Å². The molecule has 0 radical (unpaired) electrons. The minimum Gasteiger partial charge on any atom is -0.365 e. The van der Waals surface area contributed by atoms with Crippen LogP contribution >= 0.6 is 0 Å². The van der Waals surface area contributed by atoms with Gasteiger partial charge in [-0.15, -0.1) is 0 Å². The second-order valence-corrected chi connectivity index (χ2v) is 6.40. The van der Waals surface area contributed by atoms with Crippen molar-refractivity contribution in [2.24, 2.45) is 5.41 Å². The van der Waals surface area contributed by atoms with Gasteiger partial charge in [0.2, 0.25) is 0 Å². The van der Waals surface area contributed by atoms with Gasteiger partial charge in [0.25, 0.3) is 0 Å². The molecule has 2 atom stereocenters. The summed E-state index contributed by atoms with van der Waals surface area (Å²) in [6, 6.07) is 0. The van der Waals surface area contributed by atoms with E-state index in [2.05, 4.69) is 25.9 Å². The Morgan fingerprint density at radius 1 is 1.32 bits per heavy atom. The first-order valence-corrected chi connectivity index (χ1v) is 6.95. The van der Waals surface area contributed by atoms with Crippen LogP contribution in [0.15, 0.2) is 4.52 Å². The van der Waals surface area contributed by atoms with Gasteiger partial charge in [0.15, 0.2) is 5.76 Å². The number of aryl methyl sites for hydroxylation is 1. The van der Waals surface area contributed by atoms with Gasteiger partial charge in [-0.2, -0.15) is 0 Å². The van der Waals surface area contributed by atoms with E-state index in [9.17, 15) is 4.79 Å². The Morgan fingerprint density at radius 2 is 2.00 bits per heavy atom. The number of carbonyl (C=O) groups is 1. The zero-order chi connectivity index (χ0) is 14.2. The van der Waals surface area contributed by atoms with Crippen LogP contribution in [-0.2, 0) is 16.0 Å². The van der Waals surface area contributed by atoms with Crippen LogP contribution in [0, 0.1) is 12.3 Å². The summed E-state index contributed by atoms with van der Waals surface area (Å²) < 4.78 is 11.5. The topological polar surface area (TPSA) is 52.3 Å². The molecule has 0 unspecified atom stereocenters. The van der Waals surface area contributed by atoms with E-state index < -0.39 is 0 Å². The molecule has 4 nitrogen and oxygen atoms in total. The standard InChI is InChI=1S/C15H23NO3/c1-6-11-9(2)14(19-16-11)12-7-10(17)8-13(18-12)15(3,4)5/h12-13H,6-8H2,1-5H3/t12-,13+/m0/s1. The van der Waals surface area contributed by atoms with Gasteiger partial charge < -0.3 is 9.26 Å². The van der Waals surface area contributed by atoms with Crippen molar-refractivity contribution in [3.63, 3.8) is 0 Å². The summed E-state index contributed by atoms with van der Waals surface area (Å²) in [5.41, 5.74) is 1.93. The molecule has 0 spiro atoms. The van der Waals surface area contributed by atoms with Crippen molar-refractivity contribution in [2.45, 2.75) is 66.1 Å². The lowest BCUT2D eigenvalue weighted by atomic mass is 9.83. The van der Waals surface area contributed by atoms with E-state index in [1.54, 1.807) is 0 Å². The molecule has 1 aromatic heterocycles. The van der Waals surface area contributed by atoms with E-state index in [1.807, 2.05) is 13.8 Å². The van der Waals surface area contributed by atoms with Gasteiger partial charge in [-0.05, 0) is 18.8 Å². The fraction of sp³-hybridized carbons (Fsp3) is 0.733. The van der Waals surface area contributed by atoms with E-state index >= 15 is 0 Å². The second kappa shape index (κ2) is 5.08. The highest BCUT2D eigenvalue weighted by molar-refractivity contribution is 5.80. The Labute approximate surface area is 114 Å². The predicted molar refractivity (Wildman–Crippen MR) is 71.9 cm³/mol. The Bertz CT molecular complexity index is 470. The van der Waals surface area contributed by atoms with Crippen molar-refractivity contribution in [1.29, 1.82) is 0 Å². The smallest absolute Gasteiger partial charge is 0.169 e. The van der Waals surface area contributed by atoms with Gasteiger partial charge >= 0.3 is 0 Å². The molecule has 19 heavy (non-hydrogen) atoms. The maximum atomic E-state index is 11.9. The number of ketones is 1. The van der Waals surface area contributed by atoms with Crippen molar-refractivity contribution in [1.82, 2.24) is 5.16 Å². The predicted octanol–water partition coefficient (Wildman–Crippen LogP) is 3.38. The molecule has 0 aliphatic carbocycles. The molecular weight excluding hydrogens is 242 g/mol. The number of carbonyl (C=O) groups excluding carboxylic acids is 1. The summed E-state index contributed by atoms with van der Waals surface area (Å²) in [5, 5.41) is 4.06. The van der Waals surface area contributed by atoms with Gasteiger partial charge in [0.1, 0.15) is 11.9 Å². The molecule has 0 amide bonds. The Balaban J connectivity index is 2.24. The fourth-order valence-corrected chi connectivity index (χ4v) is 2.47.